The first kappa shape index (κ1) is 18.6. The first-order valence-corrected chi connectivity index (χ1v) is 8.22. The van der Waals surface area contributed by atoms with Gasteiger partial charge in [-0.2, -0.15) is 23.7 Å². The highest BCUT2D eigenvalue weighted by Crippen LogP contribution is 2.46. The van der Waals surface area contributed by atoms with Crippen LogP contribution in [0.3, 0.4) is 0 Å². The molecule has 0 spiro atoms. The number of alkyl halides is 3. The zero-order valence-electron chi connectivity index (χ0n) is 14.7. The number of allylic oxidation sites excluding steroid dienone is 1. The summed E-state index contributed by atoms with van der Waals surface area (Å²) in [5.41, 5.74) is -0.167. The fraction of sp³-hybridized carbons (Fsp3) is 0.0476. The van der Waals surface area contributed by atoms with E-state index in [1.165, 1.54) is 18.2 Å². The lowest BCUT2D eigenvalue weighted by Crippen LogP contribution is -2.05. The second kappa shape index (κ2) is 6.41. The molecule has 0 unspecified atom stereocenters. The van der Waals surface area contributed by atoms with Crippen molar-refractivity contribution >= 4 is 16.6 Å². The van der Waals surface area contributed by atoms with Crippen molar-refractivity contribution in [1.29, 1.82) is 15.8 Å². The number of benzene rings is 2. The Morgan fingerprint density at radius 3 is 2.00 bits per heavy atom. The largest absolute Gasteiger partial charge is 0.416 e. The van der Waals surface area contributed by atoms with Gasteiger partial charge in [-0.1, -0.05) is 6.07 Å². The Labute approximate surface area is 167 Å². The molecule has 4 rings (SSSR count). The second-order valence-corrected chi connectivity index (χ2v) is 6.24. The fourth-order valence-corrected chi connectivity index (χ4v) is 3.29. The predicted molar refractivity (Wildman–Crippen MR) is 97.6 cm³/mol. The SMILES string of the molecule is [C-]#[N+]/C(C#N)=C1\c2cc(C(F)(F)F)ccc2-c2nc3cc(C#N)c(C#N)cc3nc21. The molecule has 0 N–H and O–H groups in total. The van der Waals surface area contributed by atoms with Gasteiger partial charge >= 0.3 is 6.18 Å². The molecule has 0 fully saturated rings. The normalized spacial score (nSPS) is 13.4. The summed E-state index contributed by atoms with van der Waals surface area (Å²) in [6, 6.07) is 11.1. The van der Waals surface area contributed by atoms with Crippen LogP contribution in [0.4, 0.5) is 13.2 Å². The van der Waals surface area contributed by atoms with Gasteiger partial charge in [-0.3, -0.25) is 0 Å². The number of aromatic nitrogens is 2. The van der Waals surface area contributed by atoms with E-state index in [2.05, 4.69) is 14.8 Å². The van der Waals surface area contributed by atoms with Crippen LogP contribution in [0.5, 0.6) is 0 Å². The topological polar surface area (TPSA) is 102 Å². The molecule has 2 aromatic carbocycles. The van der Waals surface area contributed by atoms with Gasteiger partial charge in [0, 0.05) is 11.1 Å². The number of hydrogen-bond donors (Lipinski definition) is 0. The molecular formula is C21H5F3N6. The monoisotopic (exact) mass is 398 g/mol. The minimum atomic E-state index is -4.62. The van der Waals surface area contributed by atoms with Crippen molar-refractivity contribution in [1.82, 2.24) is 9.97 Å². The molecule has 0 bridgehead atoms. The Morgan fingerprint density at radius 2 is 1.50 bits per heavy atom. The van der Waals surface area contributed by atoms with E-state index in [9.17, 15) is 29.0 Å². The zero-order valence-corrected chi connectivity index (χ0v) is 14.7. The molecule has 9 heteroatoms. The predicted octanol–water partition coefficient (Wildman–Crippen LogP) is 4.57. The second-order valence-electron chi connectivity index (χ2n) is 6.24. The van der Waals surface area contributed by atoms with Crippen molar-refractivity contribution in [3.8, 4) is 29.5 Å². The van der Waals surface area contributed by atoms with Crippen molar-refractivity contribution in [2.45, 2.75) is 6.18 Å². The Balaban J connectivity index is 2.12. The van der Waals surface area contributed by atoms with Crippen LogP contribution in [-0.2, 0) is 6.18 Å². The summed E-state index contributed by atoms with van der Waals surface area (Å²) in [7, 11) is 0. The lowest BCUT2D eigenvalue weighted by atomic mass is 10.0. The number of nitrogens with zero attached hydrogens (tertiary/aromatic N) is 6. The molecular weight excluding hydrogens is 393 g/mol. The molecule has 1 heterocycles. The molecule has 0 radical (unpaired) electrons. The molecule has 0 saturated carbocycles. The van der Waals surface area contributed by atoms with E-state index in [0.29, 0.717) is 5.56 Å². The smallest absolute Gasteiger partial charge is 0.245 e. The summed E-state index contributed by atoms with van der Waals surface area (Å²) in [6.45, 7) is 7.26. The van der Waals surface area contributed by atoms with Crippen molar-refractivity contribution in [3.05, 3.63) is 75.4 Å². The third kappa shape index (κ3) is 2.63. The average Bonchev–Trinajstić information content (AvgIpc) is 3.04. The highest BCUT2D eigenvalue weighted by molar-refractivity contribution is 6.03. The van der Waals surface area contributed by atoms with Crippen molar-refractivity contribution in [2.24, 2.45) is 0 Å². The number of halogens is 3. The number of fused-ring (bicyclic) bond motifs is 4. The Kier molecular flexibility index (Phi) is 3.98. The van der Waals surface area contributed by atoms with Gasteiger partial charge in [-0.15, -0.1) is 0 Å². The first-order chi connectivity index (χ1) is 14.3. The quantitative estimate of drug-likeness (QED) is 0.319. The molecule has 1 aliphatic carbocycles. The molecule has 0 atom stereocenters. The molecule has 0 amide bonds. The van der Waals surface area contributed by atoms with Gasteiger partial charge in [0.2, 0.25) is 0 Å². The molecule has 0 saturated heterocycles. The van der Waals surface area contributed by atoms with Gasteiger partial charge < -0.3 is 0 Å². The summed E-state index contributed by atoms with van der Waals surface area (Å²) in [5, 5.41) is 27.8. The van der Waals surface area contributed by atoms with Crippen molar-refractivity contribution < 1.29 is 13.2 Å². The number of hydrogen-bond acceptors (Lipinski definition) is 5. The molecule has 30 heavy (non-hydrogen) atoms. The van der Waals surface area contributed by atoms with E-state index in [1.807, 2.05) is 12.1 Å². The van der Waals surface area contributed by atoms with Crippen LogP contribution in [0.25, 0.3) is 32.7 Å². The maximum atomic E-state index is 13.2. The van der Waals surface area contributed by atoms with Gasteiger partial charge in [-0.05, 0) is 29.8 Å². The summed E-state index contributed by atoms with van der Waals surface area (Å²) in [6.07, 6.45) is -4.62. The zero-order chi connectivity index (χ0) is 21.6. The number of nitriles is 3. The van der Waals surface area contributed by atoms with E-state index in [4.69, 9.17) is 6.57 Å². The fourth-order valence-electron chi connectivity index (χ4n) is 3.29. The third-order valence-electron chi connectivity index (χ3n) is 4.61. The summed E-state index contributed by atoms with van der Waals surface area (Å²) >= 11 is 0. The summed E-state index contributed by atoms with van der Waals surface area (Å²) in [4.78, 5) is 12.0. The maximum Gasteiger partial charge on any atom is 0.416 e. The standard InChI is InChI=1S/C21H5F3N6/c1-28-17(9-27)18-14-6-12(21(22,23)24)2-3-13(14)19-20(18)30-16-5-11(8-26)10(7-25)4-15(16)29-19/h2-6H/b18-17+. The molecule has 3 aromatic rings. The van der Waals surface area contributed by atoms with E-state index < -0.39 is 17.4 Å². The van der Waals surface area contributed by atoms with Crippen molar-refractivity contribution in [3.63, 3.8) is 0 Å². The minimum Gasteiger partial charge on any atom is -0.245 e. The van der Waals surface area contributed by atoms with Gasteiger partial charge in [0.05, 0.1) is 51.8 Å². The van der Waals surface area contributed by atoms with E-state index in [-0.39, 0.29) is 44.7 Å². The average molecular weight is 398 g/mol. The van der Waals surface area contributed by atoms with E-state index >= 15 is 0 Å². The van der Waals surface area contributed by atoms with Crippen molar-refractivity contribution in [2.75, 3.05) is 0 Å². The molecule has 1 aromatic heterocycles. The van der Waals surface area contributed by atoms with Crippen LogP contribution in [0.2, 0.25) is 0 Å². The Hall–Kier alpha value is -4.73. The third-order valence-corrected chi connectivity index (χ3v) is 4.61. The van der Waals surface area contributed by atoms with Gasteiger partial charge in [0.1, 0.15) is 12.1 Å². The Bertz CT molecular complexity index is 1450. The number of rotatable bonds is 0. The lowest BCUT2D eigenvalue weighted by Gasteiger charge is -2.09. The molecule has 1 aliphatic rings. The van der Waals surface area contributed by atoms with Crippen LogP contribution >= 0.6 is 0 Å². The van der Waals surface area contributed by atoms with Gasteiger partial charge in [-0.25, -0.2) is 20.1 Å². The summed E-state index contributed by atoms with van der Waals surface area (Å²) < 4.78 is 39.7. The van der Waals surface area contributed by atoms with Crippen LogP contribution < -0.4 is 0 Å². The first-order valence-electron chi connectivity index (χ1n) is 8.22. The summed E-state index contributed by atoms with van der Waals surface area (Å²) in [5.74, 6) is 0. The molecule has 6 nitrogen and oxygen atoms in total. The Morgan fingerprint density at radius 1 is 0.900 bits per heavy atom. The molecule has 0 aliphatic heterocycles. The van der Waals surface area contributed by atoms with Gasteiger partial charge in [0.15, 0.2) is 0 Å². The van der Waals surface area contributed by atoms with Crippen LogP contribution in [0, 0.1) is 40.6 Å². The van der Waals surface area contributed by atoms with Crippen LogP contribution in [-0.4, -0.2) is 9.97 Å². The molecule has 140 valence electrons. The van der Waals surface area contributed by atoms with Crippen LogP contribution in [0.1, 0.15) is 27.9 Å². The van der Waals surface area contributed by atoms with E-state index in [1.54, 1.807) is 6.07 Å². The minimum absolute atomic E-state index is 0.0312. The van der Waals surface area contributed by atoms with Crippen LogP contribution in [0.15, 0.2) is 36.0 Å². The highest BCUT2D eigenvalue weighted by Gasteiger charge is 2.35. The maximum absolute atomic E-state index is 13.2. The van der Waals surface area contributed by atoms with E-state index in [0.717, 1.165) is 12.1 Å². The lowest BCUT2D eigenvalue weighted by molar-refractivity contribution is -0.137. The highest BCUT2D eigenvalue weighted by atomic mass is 19.4. The van der Waals surface area contributed by atoms with Gasteiger partial charge in [0.25, 0.3) is 5.70 Å².